The van der Waals surface area contributed by atoms with Crippen LogP contribution < -0.4 is 10.9 Å². The Kier molecular flexibility index (Phi) is 4.68. The smallest absolute Gasteiger partial charge is 0.353 e. The molecule has 0 aliphatic carbocycles. The van der Waals surface area contributed by atoms with Gasteiger partial charge in [0.05, 0.1) is 17.0 Å². The maximum Gasteiger partial charge on any atom is 0.408 e. The number of rotatable bonds is 5. The first-order valence-corrected chi connectivity index (χ1v) is 9.23. The lowest BCUT2D eigenvalue weighted by Gasteiger charge is -2.15. The standard InChI is InChI=1S/C19H17F3N8O/c1-18(2,8-23)9-24-17-25-16(31)15-12(5-6-29(15)27-17)11-3-4-13-14(7-11)30(28-26-13)10-19(20,21)22/h3-7H,9-10H2,1-2H3,(H2,24,25,27,31). The van der Waals surface area contributed by atoms with Gasteiger partial charge in [-0.25, -0.2) is 9.20 Å². The number of nitrogens with zero attached hydrogens (tertiary/aromatic N) is 6. The van der Waals surface area contributed by atoms with Crippen molar-refractivity contribution in [2.45, 2.75) is 26.6 Å². The molecule has 0 saturated heterocycles. The van der Waals surface area contributed by atoms with Crippen molar-refractivity contribution in [1.29, 1.82) is 5.26 Å². The van der Waals surface area contributed by atoms with Crippen LogP contribution in [0.15, 0.2) is 35.3 Å². The highest BCUT2D eigenvalue weighted by Crippen LogP contribution is 2.28. The molecular formula is C19H17F3N8O. The molecule has 9 nitrogen and oxygen atoms in total. The largest absolute Gasteiger partial charge is 0.408 e. The second-order valence-electron chi connectivity index (χ2n) is 7.74. The number of aromatic amines is 1. The lowest BCUT2D eigenvalue weighted by molar-refractivity contribution is -0.142. The van der Waals surface area contributed by atoms with Crippen LogP contribution in [0.4, 0.5) is 19.1 Å². The van der Waals surface area contributed by atoms with Gasteiger partial charge in [-0.15, -0.1) is 10.2 Å². The van der Waals surface area contributed by atoms with Crippen molar-refractivity contribution >= 4 is 22.5 Å². The van der Waals surface area contributed by atoms with Gasteiger partial charge in [-0.3, -0.25) is 9.78 Å². The summed E-state index contributed by atoms with van der Waals surface area (Å²) in [7, 11) is 0. The highest BCUT2D eigenvalue weighted by molar-refractivity contribution is 5.87. The molecule has 12 heteroatoms. The predicted molar refractivity (Wildman–Crippen MR) is 106 cm³/mol. The van der Waals surface area contributed by atoms with Gasteiger partial charge in [0.2, 0.25) is 5.95 Å². The quantitative estimate of drug-likeness (QED) is 0.503. The van der Waals surface area contributed by atoms with Gasteiger partial charge < -0.3 is 5.32 Å². The third-order valence-corrected chi connectivity index (χ3v) is 4.68. The average Bonchev–Trinajstić information content (AvgIpc) is 3.29. The minimum atomic E-state index is -4.44. The molecule has 160 valence electrons. The van der Waals surface area contributed by atoms with Crippen molar-refractivity contribution in [1.82, 2.24) is 29.6 Å². The first-order chi connectivity index (χ1) is 14.6. The van der Waals surface area contributed by atoms with Crippen LogP contribution in [0.2, 0.25) is 0 Å². The van der Waals surface area contributed by atoms with E-state index in [2.05, 4.69) is 31.8 Å². The Morgan fingerprint density at radius 1 is 1.26 bits per heavy atom. The van der Waals surface area contributed by atoms with Gasteiger partial charge in [-0.05, 0) is 37.6 Å². The number of H-pyrrole nitrogens is 1. The van der Waals surface area contributed by atoms with Gasteiger partial charge >= 0.3 is 6.18 Å². The molecular weight excluding hydrogens is 413 g/mol. The topological polar surface area (TPSA) is 117 Å². The molecule has 0 fully saturated rings. The number of hydrogen-bond acceptors (Lipinski definition) is 6. The lowest BCUT2D eigenvalue weighted by Crippen LogP contribution is -2.24. The van der Waals surface area contributed by atoms with E-state index in [4.69, 9.17) is 5.26 Å². The van der Waals surface area contributed by atoms with E-state index in [-0.39, 0.29) is 23.5 Å². The monoisotopic (exact) mass is 430 g/mol. The fraction of sp³-hybridized carbons (Fsp3) is 0.316. The summed E-state index contributed by atoms with van der Waals surface area (Å²) >= 11 is 0. The molecule has 0 spiro atoms. The number of alkyl halides is 3. The number of hydrogen-bond donors (Lipinski definition) is 2. The van der Waals surface area contributed by atoms with Crippen molar-refractivity contribution in [2.24, 2.45) is 5.41 Å². The van der Waals surface area contributed by atoms with Crippen LogP contribution in [0, 0.1) is 16.7 Å². The summed E-state index contributed by atoms with van der Waals surface area (Å²) < 4.78 is 40.6. The molecule has 0 aliphatic heterocycles. The molecule has 0 unspecified atom stereocenters. The maximum absolute atomic E-state index is 12.8. The summed E-state index contributed by atoms with van der Waals surface area (Å²) in [5, 5.41) is 23.7. The van der Waals surface area contributed by atoms with Crippen LogP contribution >= 0.6 is 0 Å². The van der Waals surface area contributed by atoms with Crippen LogP contribution in [0.25, 0.3) is 27.7 Å². The molecule has 3 heterocycles. The van der Waals surface area contributed by atoms with E-state index >= 15 is 0 Å². The summed E-state index contributed by atoms with van der Waals surface area (Å²) in [5.74, 6) is 0.200. The number of benzene rings is 1. The van der Waals surface area contributed by atoms with Crippen molar-refractivity contribution in [2.75, 3.05) is 11.9 Å². The molecule has 0 aliphatic rings. The minimum absolute atomic E-state index is 0.200. The van der Waals surface area contributed by atoms with E-state index in [9.17, 15) is 18.0 Å². The molecule has 0 bridgehead atoms. The molecule has 4 aromatic rings. The molecule has 31 heavy (non-hydrogen) atoms. The van der Waals surface area contributed by atoms with Crippen LogP contribution in [-0.4, -0.2) is 42.3 Å². The first-order valence-electron chi connectivity index (χ1n) is 9.23. The minimum Gasteiger partial charge on any atom is -0.353 e. The number of aromatic nitrogens is 6. The second-order valence-corrected chi connectivity index (χ2v) is 7.74. The summed E-state index contributed by atoms with van der Waals surface area (Å²) in [6, 6.07) is 8.52. The summed E-state index contributed by atoms with van der Waals surface area (Å²) in [6.07, 6.45) is -2.86. The van der Waals surface area contributed by atoms with Crippen LogP contribution in [0.3, 0.4) is 0 Å². The highest BCUT2D eigenvalue weighted by atomic mass is 19.4. The van der Waals surface area contributed by atoms with Gasteiger partial charge in [0.25, 0.3) is 5.56 Å². The Bertz CT molecular complexity index is 1370. The maximum atomic E-state index is 12.8. The fourth-order valence-electron chi connectivity index (χ4n) is 3.11. The number of anilines is 1. The van der Waals surface area contributed by atoms with Crippen molar-refractivity contribution in [3.63, 3.8) is 0 Å². The molecule has 2 N–H and O–H groups in total. The van der Waals surface area contributed by atoms with E-state index in [0.717, 1.165) is 4.68 Å². The third kappa shape index (κ3) is 4.07. The summed E-state index contributed by atoms with van der Waals surface area (Å²) in [5.41, 5.74) is 0.691. The first kappa shape index (κ1) is 20.4. The Morgan fingerprint density at radius 3 is 2.74 bits per heavy atom. The average molecular weight is 430 g/mol. The SMILES string of the molecule is CC(C)(C#N)CNc1nn2ccc(-c3ccc4nnn(CC(F)(F)F)c4c3)c2c(=O)[nH]1. The number of fused-ring (bicyclic) bond motifs is 2. The number of nitrogens with one attached hydrogen (secondary N) is 2. The molecule has 0 saturated carbocycles. The van der Waals surface area contributed by atoms with Crippen LogP contribution in [0.1, 0.15) is 13.8 Å². The van der Waals surface area contributed by atoms with Crippen LogP contribution in [-0.2, 0) is 6.54 Å². The zero-order valence-electron chi connectivity index (χ0n) is 16.5. The Morgan fingerprint density at radius 2 is 2.03 bits per heavy atom. The van der Waals surface area contributed by atoms with Gasteiger partial charge in [-0.2, -0.15) is 18.4 Å². The van der Waals surface area contributed by atoms with E-state index in [1.54, 1.807) is 38.2 Å². The lowest BCUT2D eigenvalue weighted by atomic mass is 9.96. The predicted octanol–water partition coefficient (Wildman–Crippen LogP) is 2.96. The highest BCUT2D eigenvalue weighted by Gasteiger charge is 2.29. The molecule has 0 amide bonds. The summed E-state index contributed by atoms with van der Waals surface area (Å²) in [4.78, 5) is 15.3. The van der Waals surface area contributed by atoms with Crippen molar-refractivity contribution < 1.29 is 13.2 Å². The van der Waals surface area contributed by atoms with Gasteiger partial charge in [0.1, 0.15) is 17.6 Å². The molecule has 0 atom stereocenters. The molecule has 4 rings (SSSR count). The molecule has 0 radical (unpaired) electrons. The van der Waals surface area contributed by atoms with E-state index in [1.807, 2.05) is 0 Å². The zero-order chi connectivity index (χ0) is 22.4. The van der Waals surface area contributed by atoms with Gasteiger partial charge in [-0.1, -0.05) is 11.3 Å². The third-order valence-electron chi connectivity index (χ3n) is 4.68. The Balaban J connectivity index is 1.73. The normalized spacial score (nSPS) is 12.4. The fourth-order valence-corrected chi connectivity index (χ4v) is 3.11. The van der Waals surface area contributed by atoms with Crippen molar-refractivity contribution in [3.8, 4) is 17.2 Å². The van der Waals surface area contributed by atoms with E-state index in [0.29, 0.717) is 16.6 Å². The molecule has 3 aromatic heterocycles. The Labute approximate surface area is 173 Å². The number of halogens is 3. The zero-order valence-corrected chi connectivity index (χ0v) is 16.5. The van der Waals surface area contributed by atoms with E-state index in [1.165, 1.54) is 10.6 Å². The summed E-state index contributed by atoms with van der Waals surface area (Å²) in [6.45, 7) is 2.51. The van der Waals surface area contributed by atoms with Crippen molar-refractivity contribution in [3.05, 3.63) is 40.8 Å². The Hall–Kier alpha value is -3.88. The van der Waals surface area contributed by atoms with Gasteiger partial charge in [0, 0.05) is 18.3 Å². The van der Waals surface area contributed by atoms with Crippen LogP contribution in [0.5, 0.6) is 0 Å². The van der Waals surface area contributed by atoms with E-state index < -0.39 is 23.7 Å². The molecule has 1 aromatic carbocycles. The number of nitriles is 1. The van der Waals surface area contributed by atoms with Gasteiger partial charge in [0.15, 0.2) is 0 Å². The second kappa shape index (κ2) is 7.12.